The molecule has 2 amide bonds. The number of rotatable bonds is 10. The van der Waals surface area contributed by atoms with Gasteiger partial charge in [-0.15, -0.1) is 0 Å². The first-order valence-electron chi connectivity index (χ1n) is 10.5. The van der Waals surface area contributed by atoms with Crippen molar-refractivity contribution in [1.82, 2.24) is 10.2 Å². The first-order chi connectivity index (χ1) is 15.4. The third-order valence-corrected chi connectivity index (χ3v) is 6.68. The van der Waals surface area contributed by atoms with Gasteiger partial charge in [0, 0.05) is 12.6 Å². The number of hydrogen-bond donors (Lipinski definition) is 1. The molecule has 180 valence electrons. The number of benzene rings is 2. The number of para-hydroxylation sites is 1. The summed E-state index contributed by atoms with van der Waals surface area (Å²) in [7, 11) is -3.87. The van der Waals surface area contributed by atoms with E-state index in [1.54, 1.807) is 19.1 Å². The van der Waals surface area contributed by atoms with Crippen LogP contribution in [0.1, 0.15) is 32.8 Å². The van der Waals surface area contributed by atoms with Crippen molar-refractivity contribution < 1.29 is 22.4 Å². The van der Waals surface area contributed by atoms with E-state index >= 15 is 0 Å². The number of hydrogen-bond acceptors (Lipinski definition) is 4. The zero-order chi connectivity index (χ0) is 24.8. The van der Waals surface area contributed by atoms with E-state index in [2.05, 4.69) is 5.32 Å². The van der Waals surface area contributed by atoms with E-state index in [1.807, 2.05) is 13.8 Å². The van der Waals surface area contributed by atoms with Crippen LogP contribution >= 0.6 is 11.6 Å². The molecule has 2 aromatic rings. The van der Waals surface area contributed by atoms with Crippen LogP contribution in [0.2, 0.25) is 5.02 Å². The van der Waals surface area contributed by atoms with E-state index in [1.165, 1.54) is 41.3 Å². The van der Waals surface area contributed by atoms with Gasteiger partial charge in [0.1, 0.15) is 18.4 Å². The van der Waals surface area contributed by atoms with Crippen LogP contribution in [0.25, 0.3) is 0 Å². The van der Waals surface area contributed by atoms with Crippen LogP contribution in [0.4, 0.5) is 10.1 Å². The fourth-order valence-corrected chi connectivity index (χ4v) is 4.23. The lowest BCUT2D eigenvalue weighted by atomic mass is 10.1. The predicted octanol–water partition coefficient (Wildman–Crippen LogP) is 3.58. The molecule has 0 bridgehead atoms. The highest BCUT2D eigenvalue weighted by atomic mass is 35.5. The summed E-state index contributed by atoms with van der Waals surface area (Å²) in [5, 5.41) is 3.01. The zero-order valence-corrected chi connectivity index (χ0v) is 20.7. The summed E-state index contributed by atoms with van der Waals surface area (Å²) in [6, 6.07) is 10.8. The molecule has 7 nitrogen and oxygen atoms in total. The Hall–Kier alpha value is -2.65. The van der Waals surface area contributed by atoms with Gasteiger partial charge < -0.3 is 10.2 Å². The van der Waals surface area contributed by atoms with Crippen molar-refractivity contribution in [3.8, 4) is 0 Å². The largest absolute Gasteiger partial charge is 0.352 e. The number of sulfonamides is 1. The van der Waals surface area contributed by atoms with E-state index < -0.39 is 34.3 Å². The molecule has 0 saturated carbocycles. The highest BCUT2D eigenvalue weighted by Crippen LogP contribution is 2.27. The lowest BCUT2D eigenvalue weighted by Crippen LogP contribution is -2.52. The maximum Gasteiger partial charge on any atom is 0.244 e. The lowest BCUT2D eigenvalue weighted by molar-refractivity contribution is -0.139. The topological polar surface area (TPSA) is 86.8 Å². The van der Waals surface area contributed by atoms with E-state index in [0.29, 0.717) is 12.0 Å². The summed E-state index contributed by atoms with van der Waals surface area (Å²) < 4.78 is 39.3. The summed E-state index contributed by atoms with van der Waals surface area (Å²) >= 11 is 6.19. The number of carbonyl (C=O) groups excluding carboxylic acids is 2. The van der Waals surface area contributed by atoms with Crippen LogP contribution in [0.15, 0.2) is 48.5 Å². The molecular weight excluding hydrogens is 469 g/mol. The predicted molar refractivity (Wildman–Crippen MR) is 128 cm³/mol. The lowest BCUT2D eigenvalue weighted by Gasteiger charge is -2.32. The molecule has 0 saturated heterocycles. The number of anilines is 1. The molecule has 0 radical (unpaired) electrons. The highest BCUT2D eigenvalue weighted by molar-refractivity contribution is 7.92. The van der Waals surface area contributed by atoms with E-state index in [9.17, 15) is 22.4 Å². The summed E-state index contributed by atoms with van der Waals surface area (Å²) in [6.07, 6.45) is 1.69. The average molecular weight is 498 g/mol. The van der Waals surface area contributed by atoms with Crippen LogP contribution in [0.5, 0.6) is 0 Å². The maximum absolute atomic E-state index is 13.4. The zero-order valence-electron chi connectivity index (χ0n) is 19.1. The van der Waals surface area contributed by atoms with E-state index in [0.717, 1.165) is 10.6 Å². The van der Waals surface area contributed by atoms with Crippen molar-refractivity contribution in [1.29, 1.82) is 0 Å². The summed E-state index contributed by atoms with van der Waals surface area (Å²) in [5.41, 5.74) is 0.755. The van der Waals surface area contributed by atoms with Gasteiger partial charge in [-0.1, -0.05) is 42.8 Å². The fourth-order valence-electron chi connectivity index (χ4n) is 3.08. The van der Waals surface area contributed by atoms with Gasteiger partial charge in [0.05, 0.1) is 17.0 Å². The molecule has 33 heavy (non-hydrogen) atoms. The Morgan fingerprint density at radius 3 is 2.24 bits per heavy atom. The molecule has 2 aromatic carbocycles. The Morgan fingerprint density at radius 1 is 1.09 bits per heavy atom. The van der Waals surface area contributed by atoms with Crippen molar-refractivity contribution in [2.75, 3.05) is 17.1 Å². The monoisotopic (exact) mass is 497 g/mol. The minimum absolute atomic E-state index is 0.00563. The van der Waals surface area contributed by atoms with Crippen LogP contribution in [-0.4, -0.2) is 50.0 Å². The first kappa shape index (κ1) is 26.6. The third kappa shape index (κ3) is 7.43. The molecule has 0 aliphatic heterocycles. The number of halogens is 2. The van der Waals surface area contributed by atoms with Gasteiger partial charge in [0.25, 0.3) is 0 Å². The third-order valence-electron chi connectivity index (χ3n) is 5.23. The summed E-state index contributed by atoms with van der Waals surface area (Å²) in [6.45, 7) is 4.78. The molecule has 1 N–H and O–H groups in total. The minimum atomic E-state index is -3.87. The van der Waals surface area contributed by atoms with Gasteiger partial charge in [-0.2, -0.15) is 0 Å². The van der Waals surface area contributed by atoms with Gasteiger partial charge in [0.2, 0.25) is 21.8 Å². The first-order valence-corrected chi connectivity index (χ1v) is 12.7. The second-order valence-electron chi connectivity index (χ2n) is 7.86. The number of nitrogens with one attached hydrogen (secondary N) is 1. The second-order valence-corrected chi connectivity index (χ2v) is 10.2. The molecule has 0 heterocycles. The average Bonchev–Trinajstić information content (AvgIpc) is 2.76. The molecule has 0 aliphatic carbocycles. The van der Waals surface area contributed by atoms with Gasteiger partial charge in [-0.05, 0) is 50.1 Å². The van der Waals surface area contributed by atoms with E-state index in [4.69, 9.17) is 11.6 Å². The van der Waals surface area contributed by atoms with Gasteiger partial charge in [-0.25, -0.2) is 12.8 Å². The van der Waals surface area contributed by atoms with Crippen molar-refractivity contribution in [2.24, 2.45) is 0 Å². The normalized spacial score (nSPS) is 13.2. The number of nitrogens with zero attached hydrogens (tertiary/aromatic N) is 2. The van der Waals surface area contributed by atoms with Crippen LogP contribution in [-0.2, 0) is 26.2 Å². The molecule has 0 fully saturated rings. The van der Waals surface area contributed by atoms with Gasteiger partial charge >= 0.3 is 0 Å². The highest BCUT2D eigenvalue weighted by Gasteiger charge is 2.31. The second kappa shape index (κ2) is 11.5. The molecule has 2 rings (SSSR count). The van der Waals surface area contributed by atoms with Gasteiger partial charge in [-0.3, -0.25) is 13.9 Å². The van der Waals surface area contributed by atoms with Crippen molar-refractivity contribution in [3.05, 3.63) is 64.9 Å². The van der Waals surface area contributed by atoms with Crippen molar-refractivity contribution in [3.63, 3.8) is 0 Å². The number of amides is 2. The van der Waals surface area contributed by atoms with Crippen LogP contribution in [0.3, 0.4) is 0 Å². The molecule has 0 aromatic heterocycles. The summed E-state index contributed by atoms with van der Waals surface area (Å²) in [5.74, 6) is -1.40. The molecular formula is C23H29ClFN3O4S. The number of carbonyl (C=O) groups is 2. The maximum atomic E-state index is 13.4. The van der Waals surface area contributed by atoms with Gasteiger partial charge in [0.15, 0.2) is 0 Å². The Labute approximate surface area is 199 Å². The molecule has 0 unspecified atom stereocenters. The van der Waals surface area contributed by atoms with Crippen LogP contribution < -0.4 is 9.62 Å². The molecule has 2 atom stereocenters. The molecule has 0 spiro atoms. The standard InChI is InChI=1S/C23H29ClFN3O4S/c1-5-16(2)26-23(30)17(3)27(14-18-10-12-19(25)13-11-18)22(29)15-28(33(4,31)32)21-9-7-6-8-20(21)24/h6-13,16-17H,5,14-15H2,1-4H3,(H,26,30)/t16-,17-/m0/s1. The van der Waals surface area contributed by atoms with E-state index in [-0.39, 0.29) is 29.2 Å². The Bertz CT molecular complexity index is 1080. The molecule has 10 heteroatoms. The molecule has 0 aliphatic rings. The minimum Gasteiger partial charge on any atom is -0.352 e. The Morgan fingerprint density at radius 2 is 1.70 bits per heavy atom. The Kier molecular flexibility index (Phi) is 9.25. The quantitative estimate of drug-likeness (QED) is 0.543. The summed E-state index contributed by atoms with van der Waals surface area (Å²) in [4.78, 5) is 27.4. The van der Waals surface area contributed by atoms with Crippen molar-refractivity contribution in [2.45, 2.75) is 45.8 Å². The smallest absolute Gasteiger partial charge is 0.244 e. The fraction of sp³-hybridized carbons (Fsp3) is 0.391. The Balaban J connectivity index is 2.39. The van der Waals surface area contributed by atoms with Crippen molar-refractivity contribution >= 4 is 39.1 Å². The van der Waals surface area contributed by atoms with Crippen LogP contribution in [0, 0.1) is 5.82 Å². The SMILES string of the molecule is CC[C@H](C)NC(=O)[C@H](C)N(Cc1ccc(F)cc1)C(=O)CN(c1ccccc1Cl)S(C)(=O)=O.